The molecule has 0 radical (unpaired) electrons. The van der Waals surface area contributed by atoms with E-state index in [0.717, 1.165) is 5.75 Å². The molecule has 0 bridgehead atoms. The van der Waals surface area contributed by atoms with Gasteiger partial charge in [0.25, 0.3) is 0 Å². The Morgan fingerprint density at radius 3 is 2.29 bits per heavy atom. The van der Waals surface area contributed by atoms with E-state index in [4.69, 9.17) is 15.2 Å². The van der Waals surface area contributed by atoms with Crippen molar-refractivity contribution in [1.29, 1.82) is 0 Å². The van der Waals surface area contributed by atoms with Crippen molar-refractivity contribution in [3.05, 3.63) is 28.8 Å². The number of hydrogen-bond donors (Lipinski definition) is 1. The molecule has 0 aromatic heterocycles. The summed E-state index contributed by atoms with van der Waals surface area (Å²) in [6.07, 6.45) is 0. The molecule has 1 aromatic carbocycles. The fourth-order valence-electron chi connectivity index (χ4n) is 2.33. The Morgan fingerprint density at radius 1 is 1.29 bits per heavy atom. The molecule has 3 heteroatoms. The maximum Gasteiger partial charge on any atom is 0.123 e. The summed E-state index contributed by atoms with van der Waals surface area (Å²) in [6, 6.07) is 4.35. The predicted molar refractivity (Wildman–Crippen MR) is 68.6 cm³/mol. The SMILES string of the molecule is COc1cc(C)c(C)cc1C1(C(C)N)COC1. The first kappa shape index (κ1) is 12.4. The lowest BCUT2D eigenvalue weighted by Crippen LogP contribution is -2.57. The Bertz CT molecular complexity index is 422. The van der Waals surface area contributed by atoms with Gasteiger partial charge in [0.2, 0.25) is 0 Å². The molecular formula is C14H21NO2. The Morgan fingerprint density at radius 2 is 1.88 bits per heavy atom. The van der Waals surface area contributed by atoms with Crippen LogP contribution in [0.5, 0.6) is 5.75 Å². The third kappa shape index (κ3) is 1.83. The summed E-state index contributed by atoms with van der Waals surface area (Å²) in [5.41, 5.74) is 9.76. The highest BCUT2D eigenvalue weighted by Gasteiger charge is 2.45. The molecular weight excluding hydrogens is 214 g/mol. The first-order chi connectivity index (χ1) is 8.01. The molecule has 0 spiro atoms. The van der Waals surface area contributed by atoms with Crippen LogP contribution in [0.15, 0.2) is 12.1 Å². The van der Waals surface area contributed by atoms with E-state index in [1.807, 2.05) is 6.92 Å². The van der Waals surface area contributed by atoms with E-state index in [1.54, 1.807) is 7.11 Å². The van der Waals surface area contributed by atoms with Gasteiger partial charge < -0.3 is 15.2 Å². The second-order valence-corrected chi connectivity index (χ2v) is 5.07. The van der Waals surface area contributed by atoms with E-state index in [1.165, 1.54) is 16.7 Å². The summed E-state index contributed by atoms with van der Waals surface area (Å²) < 4.78 is 10.9. The highest BCUT2D eigenvalue weighted by atomic mass is 16.5. The summed E-state index contributed by atoms with van der Waals surface area (Å²) >= 11 is 0. The molecule has 1 atom stereocenters. The number of aryl methyl sites for hydroxylation is 2. The van der Waals surface area contributed by atoms with Gasteiger partial charge in [0.05, 0.1) is 25.7 Å². The maximum absolute atomic E-state index is 6.14. The van der Waals surface area contributed by atoms with Crippen molar-refractivity contribution < 1.29 is 9.47 Å². The number of rotatable bonds is 3. The van der Waals surface area contributed by atoms with Crippen LogP contribution in [-0.4, -0.2) is 26.4 Å². The first-order valence-electron chi connectivity index (χ1n) is 6.00. The van der Waals surface area contributed by atoms with E-state index >= 15 is 0 Å². The molecule has 1 aliphatic heterocycles. The van der Waals surface area contributed by atoms with Crippen molar-refractivity contribution in [2.24, 2.45) is 5.73 Å². The van der Waals surface area contributed by atoms with E-state index in [-0.39, 0.29) is 11.5 Å². The van der Waals surface area contributed by atoms with Crippen LogP contribution in [0.3, 0.4) is 0 Å². The van der Waals surface area contributed by atoms with Gasteiger partial charge in [-0.05, 0) is 38.0 Å². The van der Waals surface area contributed by atoms with Gasteiger partial charge in [-0.1, -0.05) is 6.07 Å². The highest BCUT2D eigenvalue weighted by Crippen LogP contribution is 2.41. The quantitative estimate of drug-likeness (QED) is 0.870. The predicted octanol–water partition coefficient (Wildman–Crippen LogP) is 1.93. The number of ether oxygens (including phenoxy) is 2. The van der Waals surface area contributed by atoms with E-state index < -0.39 is 0 Å². The van der Waals surface area contributed by atoms with Crippen molar-refractivity contribution in [2.75, 3.05) is 20.3 Å². The molecule has 1 heterocycles. The van der Waals surface area contributed by atoms with Gasteiger partial charge in [-0.3, -0.25) is 0 Å². The van der Waals surface area contributed by atoms with E-state index in [9.17, 15) is 0 Å². The average molecular weight is 235 g/mol. The molecule has 3 nitrogen and oxygen atoms in total. The van der Waals surface area contributed by atoms with Crippen molar-refractivity contribution in [1.82, 2.24) is 0 Å². The molecule has 17 heavy (non-hydrogen) atoms. The first-order valence-corrected chi connectivity index (χ1v) is 6.00. The van der Waals surface area contributed by atoms with Crippen LogP contribution in [0.4, 0.5) is 0 Å². The van der Waals surface area contributed by atoms with Crippen molar-refractivity contribution >= 4 is 0 Å². The molecule has 2 rings (SSSR count). The summed E-state index contributed by atoms with van der Waals surface area (Å²) in [5.74, 6) is 0.925. The summed E-state index contributed by atoms with van der Waals surface area (Å²) in [5, 5.41) is 0. The zero-order chi connectivity index (χ0) is 12.6. The van der Waals surface area contributed by atoms with Crippen LogP contribution in [0.1, 0.15) is 23.6 Å². The Hall–Kier alpha value is -1.06. The third-order valence-corrected chi connectivity index (χ3v) is 3.94. The van der Waals surface area contributed by atoms with Gasteiger partial charge in [-0.2, -0.15) is 0 Å². The lowest BCUT2D eigenvalue weighted by molar-refractivity contribution is -0.0710. The van der Waals surface area contributed by atoms with Gasteiger partial charge in [0.1, 0.15) is 5.75 Å². The molecule has 0 saturated carbocycles. The number of nitrogens with two attached hydrogens (primary N) is 1. The second-order valence-electron chi connectivity index (χ2n) is 5.07. The van der Waals surface area contributed by atoms with Gasteiger partial charge in [0.15, 0.2) is 0 Å². The van der Waals surface area contributed by atoms with Crippen LogP contribution in [-0.2, 0) is 10.2 Å². The highest BCUT2D eigenvalue weighted by molar-refractivity contribution is 5.48. The monoisotopic (exact) mass is 235 g/mol. The van der Waals surface area contributed by atoms with Crippen molar-refractivity contribution in [3.63, 3.8) is 0 Å². The average Bonchev–Trinajstić information content (AvgIpc) is 2.20. The number of benzene rings is 1. The van der Waals surface area contributed by atoms with Crippen molar-refractivity contribution in [2.45, 2.75) is 32.2 Å². The topological polar surface area (TPSA) is 44.5 Å². The van der Waals surface area contributed by atoms with E-state index in [0.29, 0.717) is 13.2 Å². The van der Waals surface area contributed by atoms with Gasteiger partial charge in [-0.15, -0.1) is 0 Å². The van der Waals surface area contributed by atoms with Gasteiger partial charge in [-0.25, -0.2) is 0 Å². The molecule has 1 aromatic rings. The lowest BCUT2D eigenvalue weighted by atomic mass is 9.72. The molecule has 0 aliphatic carbocycles. The Balaban J connectivity index is 2.53. The van der Waals surface area contributed by atoms with Crippen LogP contribution >= 0.6 is 0 Å². The zero-order valence-electron chi connectivity index (χ0n) is 11.0. The maximum atomic E-state index is 6.14. The largest absolute Gasteiger partial charge is 0.496 e. The van der Waals surface area contributed by atoms with Crippen LogP contribution in [0.25, 0.3) is 0 Å². The number of methoxy groups -OCH3 is 1. The molecule has 1 fully saturated rings. The molecule has 1 unspecified atom stereocenters. The summed E-state index contributed by atoms with van der Waals surface area (Å²) in [4.78, 5) is 0. The normalized spacial score (nSPS) is 19.6. The fraction of sp³-hybridized carbons (Fsp3) is 0.571. The molecule has 1 saturated heterocycles. The summed E-state index contributed by atoms with van der Waals surface area (Å²) in [7, 11) is 1.71. The molecule has 94 valence electrons. The number of hydrogen-bond acceptors (Lipinski definition) is 3. The smallest absolute Gasteiger partial charge is 0.123 e. The van der Waals surface area contributed by atoms with Crippen LogP contribution in [0, 0.1) is 13.8 Å². The van der Waals surface area contributed by atoms with Gasteiger partial charge >= 0.3 is 0 Å². The Labute approximate surface area is 103 Å². The molecule has 2 N–H and O–H groups in total. The van der Waals surface area contributed by atoms with Gasteiger partial charge in [0, 0.05) is 11.6 Å². The minimum atomic E-state index is -0.0796. The fourth-order valence-corrected chi connectivity index (χ4v) is 2.33. The van der Waals surface area contributed by atoms with Crippen LogP contribution in [0.2, 0.25) is 0 Å². The Kier molecular flexibility index (Phi) is 3.15. The van der Waals surface area contributed by atoms with Crippen LogP contribution < -0.4 is 10.5 Å². The zero-order valence-corrected chi connectivity index (χ0v) is 11.0. The van der Waals surface area contributed by atoms with Crippen molar-refractivity contribution in [3.8, 4) is 5.75 Å². The molecule has 0 amide bonds. The lowest BCUT2D eigenvalue weighted by Gasteiger charge is -2.45. The third-order valence-electron chi connectivity index (χ3n) is 3.94. The van der Waals surface area contributed by atoms with E-state index in [2.05, 4.69) is 26.0 Å². The minimum absolute atomic E-state index is 0.0623. The molecule has 1 aliphatic rings. The second kappa shape index (κ2) is 4.31. The minimum Gasteiger partial charge on any atom is -0.496 e. The summed E-state index contributed by atoms with van der Waals surface area (Å²) in [6.45, 7) is 7.62. The standard InChI is InChI=1S/C14H21NO2/c1-9-5-12(13(16-4)6-10(9)2)14(11(3)15)7-17-8-14/h5-6,11H,7-8,15H2,1-4H3.